The van der Waals surface area contributed by atoms with Gasteiger partial charge in [-0.2, -0.15) is 0 Å². The van der Waals surface area contributed by atoms with Gasteiger partial charge in [-0.05, 0) is 41.0 Å². The van der Waals surface area contributed by atoms with Gasteiger partial charge < -0.3 is 9.64 Å². The molecule has 4 heteroatoms. The molecule has 0 radical (unpaired) electrons. The van der Waals surface area contributed by atoms with Crippen molar-refractivity contribution >= 4 is 11.9 Å². The molecule has 1 amide bonds. The number of nitrogens with zero attached hydrogens (tertiary/aromatic N) is 1. The summed E-state index contributed by atoms with van der Waals surface area (Å²) in [5, 5.41) is 0. The average Bonchev–Trinajstić information content (AvgIpc) is 2.22. The van der Waals surface area contributed by atoms with Crippen LogP contribution < -0.4 is 0 Å². The van der Waals surface area contributed by atoms with Crippen molar-refractivity contribution in [3.8, 4) is 0 Å². The van der Waals surface area contributed by atoms with Gasteiger partial charge in [0.05, 0.1) is 6.61 Å². The maximum absolute atomic E-state index is 12.0. The van der Waals surface area contributed by atoms with Gasteiger partial charge in [-0.15, -0.1) is 0 Å². The largest absolute Gasteiger partial charge is 0.462 e. The number of hydrogen-bond donors (Lipinski definition) is 0. The quantitative estimate of drug-likeness (QED) is 0.416. The Morgan fingerprint density at radius 3 is 2.22 bits per heavy atom. The summed E-state index contributed by atoms with van der Waals surface area (Å²) >= 11 is 0. The summed E-state index contributed by atoms with van der Waals surface area (Å²) in [7, 11) is 0. The lowest BCUT2D eigenvalue weighted by atomic mass is 10.1. The molecule has 0 aliphatic rings. The predicted molar refractivity (Wildman–Crippen MR) is 72.1 cm³/mol. The Kier molecular flexibility index (Phi) is 6.66. The van der Waals surface area contributed by atoms with E-state index in [-0.39, 0.29) is 18.1 Å². The second kappa shape index (κ2) is 7.19. The smallest absolute Gasteiger partial charge is 0.333 e. The van der Waals surface area contributed by atoms with Crippen molar-refractivity contribution in [1.82, 2.24) is 4.90 Å². The van der Waals surface area contributed by atoms with E-state index in [1.807, 2.05) is 32.6 Å². The minimum atomic E-state index is -0.398. The van der Waals surface area contributed by atoms with Crippen LogP contribution in [0.25, 0.3) is 0 Å². The molecular weight excluding hydrogens is 230 g/mol. The van der Waals surface area contributed by atoms with Gasteiger partial charge in [0.1, 0.15) is 0 Å². The number of rotatable bonds is 6. The van der Waals surface area contributed by atoms with E-state index >= 15 is 0 Å². The summed E-state index contributed by atoms with van der Waals surface area (Å²) in [5.74, 6) is -0.304. The molecule has 0 atom stereocenters. The maximum atomic E-state index is 12.0. The van der Waals surface area contributed by atoms with Crippen LogP contribution >= 0.6 is 0 Å². The normalized spacial score (nSPS) is 10.9. The molecule has 0 unspecified atom stereocenters. The summed E-state index contributed by atoms with van der Waals surface area (Å²) in [6, 6.07) is 0. The Morgan fingerprint density at radius 1 is 1.28 bits per heavy atom. The van der Waals surface area contributed by atoms with E-state index in [1.54, 1.807) is 6.92 Å². The van der Waals surface area contributed by atoms with E-state index < -0.39 is 5.97 Å². The van der Waals surface area contributed by atoms with E-state index in [4.69, 9.17) is 4.74 Å². The first-order chi connectivity index (χ1) is 8.20. The minimum Gasteiger partial charge on any atom is -0.462 e. The maximum Gasteiger partial charge on any atom is 0.333 e. The number of esters is 1. The second-order valence-corrected chi connectivity index (χ2v) is 5.33. The fraction of sp³-hybridized carbons (Fsp3) is 0.714. The van der Waals surface area contributed by atoms with Gasteiger partial charge in [-0.1, -0.05) is 6.58 Å². The van der Waals surface area contributed by atoms with E-state index in [0.29, 0.717) is 25.0 Å². The number of carbonyl (C=O) groups is 2. The third-order valence-electron chi connectivity index (χ3n) is 2.54. The zero-order valence-electron chi connectivity index (χ0n) is 12.2. The molecule has 18 heavy (non-hydrogen) atoms. The van der Waals surface area contributed by atoms with Crippen LogP contribution in [0.5, 0.6) is 0 Å². The molecule has 0 rings (SSSR count). The van der Waals surface area contributed by atoms with Crippen molar-refractivity contribution < 1.29 is 14.3 Å². The van der Waals surface area contributed by atoms with Gasteiger partial charge in [-0.25, -0.2) is 4.79 Å². The van der Waals surface area contributed by atoms with Gasteiger partial charge in [0.15, 0.2) is 0 Å². The molecule has 0 aliphatic carbocycles. The Hall–Kier alpha value is -1.32. The van der Waals surface area contributed by atoms with Crippen molar-refractivity contribution in [3.05, 3.63) is 12.2 Å². The Balaban J connectivity index is 4.04. The fourth-order valence-corrected chi connectivity index (χ4v) is 1.67. The number of amides is 1. The van der Waals surface area contributed by atoms with Gasteiger partial charge in [0.2, 0.25) is 5.91 Å². The number of carbonyl (C=O) groups excluding carboxylic acids is 2. The van der Waals surface area contributed by atoms with Gasteiger partial charge in [0, 0.05) is 24.1 Å². The monoisotopic (exact) mass is 255 g/mol. The SMILES string of the molecule is C=C(C)C(=O)OCCCC(=O)N(CC)C(C)(C)C. The highest BCUT2D eigenvalue weighted by molar-refractivity contribution is 5.86. The van der Waals surface area contributed by atoms with Crippen LogP contribution in [0.15, 0.2) is 12.2 Å². The lowest BCUT2D eigenvalue weighted by Crippen LogP contribution is -2.45. The van der Waals surface area contributed by atoms with Crippen LogP contribution in [0.3, 0.4) is 0 Å². The first-order valence-corrected chi connectivity index (χ1v) is 6.33. The molecule has 0 aromatic heterocycles. The van der Waals surface area contributed by atoms with Crippen LogP contribution in [-0.2, 0) is 14.3 Å². The van der Waals surface area contributed by atoms with E-state index in [1.165, 1.54) is 0 Å². The van der Waals surface area contributed by atoms with Crippen LogP contribution in [0, 0.1) is 0 Å². The lowest BCUT2D eigenvalue weighted by molar-refractivity contribution is -0.141. The van der Waals surface area contributed by atoms with Crippen LogP contribution in [0.2, 0.25) is 0 Å². The zero-order valence-corrected chi connectivity index (χ0v) is 12.2. The van der Waals surface area contributed by atoms with Gasteiger partial charge in [0.25, 0.3) is 0 Å². The van der Waals surface area contributed by atoms with E-state index in [2.05, 4.69) is 6.58 Å². The lowest BCUT2D eigenvalue weighted by Gasteiger charge is -2.35. The predicted octanol–water partition coefficient (Wildman–Crippen LogP) is 2.53. The molecule has 0 spiro atoms. The number of hydrogen-bond acceptors (Lipinski definition) is 3. The van der Waals surface area contributed by atoms with Crippen molar-refractivity contribution in [2.24, 2.45) is 0 Å². The van der Waals surface area contributed by atoms with Crippen molar-refractivity contribution in [2.75, 3.05) is 13.2 Å². The van der Waals surface area contributed by atoms with E-state index in [0.717, 1.165) is 0 Å². The molecular formula is C14H25NO3. The highest BCUT2D eigenvalue weighted by Crippen LogP contribution is 2.14. The Labute approximate surface area is 110 Å². The second-order valence-electron chi connectivity index (χ2n) is 5.33. The van der Waals surface area contributed by atoms with E-state index in [9.17, 15) is 9.59 Å². The van der Waals surface area contributed by atoms with Crippen molar-refractivity contribution in [2.45, 2.75) is 53.0 Å². The first-order valence-electron chi connectivity index (χ1n) is 6.33. The summed E-state index contributed by atoms with van der Waals surface area (Å²) in [6.45, 7) is 14.0. The summed E-state index contributed by atoms with van der Waals surface area (Å²) in [6.07, 6.45) is 0.943. The average molecular weight is 255 g/mol. The molecule has 0 heterocycles. The molecule has 0 fully saturated rings. The third kappa shape index (κ3) is 5.84. The Morgan fingerprint density at radius 2 is 1.83 bits per heavy atom. The molecule has 0 aliphatic heterocycles. The molecule has 104 valence electrons. The summed E-state index contributed by atoms with van der Waals surface area (Å²) < 4.78 is 4.94. The molecule has 0 aromatic carbocycles. The standard InChI is InChI=1S/C14H25NO3/c1-7-15(14(4,5)6)12(16)9-8-10-18-13(17)11(2)3/h2,7-10H2,1,3-6H3. The molecule has 0 saturated carbocycles. The molecule has 4 nitrogen and oxygen atoms in total. The van der Waals surface area contributed by atoms with Crippen molar-refractivity contribution in [3.63, 3.8) is 0 Å². The molecule has 0 bridgehead atoms. The minimum absolute atomic E-state index is 0.0939. The Bertz CT molecular complexity index is 315. The van der Waals surface area contributed by atoms with Gasteiger partial charge >= 0.3 is 5.97 Å². The van der Waals surface area contributed by atoms with Crippen LogP contribution in [-0.4, -0.2) is 35.5 Å². The highest BCUT2D eigenvalue weighted by Gasteiger charge is 2.24. The van der Waals surface area contributed by atoms with Gasteiger partial charge in [-0.3, -0.25) is 4.79 Å². The molecule has 0 N–H and O–H groups in total. The van der Waals surface area contributed by atoms with Crippen molar-refractivity contribution in [1.29, 1.82) is 0 Å². The van der Waals surface area contributed by atoms with Crippen LogP contribution in [0.1, 0.15) is 47.5 Å². The summed E-state index contributed by atoms with van der Waals surface area (Å²) in [4.78, 5) is 24.9. The topological polar surface area (TPSA) is 46.6 Å². The highest BCUT2D eigenvalue weighted by atomic mass is 16.5. The molecule has 0 saturated heterocycles. The first kappa shape index (κ1) is 16.7. The molecule has 0 aromatic rings. The summed E-state index contributed by atoms with van der Waals surface area (Å²) in [5.41, 5.74) is 0.214. The van der Waals surface area contributed by atoms with Crippen LogP contribution in [0.4, 0.5) is 0 Å². The third-order valence-corrected chi connectivity index (χ3v) is 2.54. The fourth-order valence-electron chi connectivity index (χ4n) is 1.67. The number of ether oxygens (including phenoxy) is 1. The zero-order chi connectivity index (χ0) is 14.3.